The number of carbonyl (C=O) groups is 3. The van der Waals surface area contributed by atoms with Crippen LogP contribution in [0.15, 0.2) is 54.1 Å². The molecule has 13 nitrogen and oxygen atoms in total. The van der Waals surface area contributed by atoms with E-state index < -0.39 is 72.5 Å². The molecule has 0 saturated carbocycles. The number of rotatable bonds is 14. The molecule has 2 saturated heterocycles. The molecule has 0 spiro atoms. The summed E-state index contributed by atoms with van der Waals surface area (Å²) in [5.74, 6) is -4.31. The van der Waals surface area contributed by atoms with Crippen LogP contribution in [0.1, 0.15) is 141 Å². The van der Waals surface area contributed by atoms with E-state index in [0.29, 0.717) is 25.9 Å². The molecule has 0 aliphatic carbocycles. The number of hydrogen-bond donors (Lipinski definition) is 3. The first-order chi connectivity index (χ1) is 28.8. The number of aliphatic hydroxyl groups excluding tert-OH is 2. The number of cyclic esters (lactones) is 1. The summed E-state index contributed by atoms with van der Waals surface area (Å²) in [7, 11) is 1.22. The number of benzene rings is 1. The predicted molar refractivity (Wildman–Crippen MR) is 225 cm³/mol. The van der Waals surface area contributed by atoms with Crippen molar-refractivity contribution in [3.05, 3.63) is 65.3 Å². The van der Waals surface area contributed by atoms with Crippen LogP contribution < -0.4 is 0 Å². The van der Waals surface area contributed by atoms with Crippen LogP contribution in [-0.4, -0.2) is 103 Å². The lowest BCUT2D eigenvalue weighted by atomic mass is 9.74. The van der Waals surface area contributed by atoms with Gasteiger partial charge in [-0.25, -0.2) is 4.79 Å². The van der Waals surface area contributed by atoms with E-state index in [2.05, 4.69) is 32.1 Å². The van der Waals surface area contributed by atoms with E-state index in [0.717, 1.165) is 56.1 Å². The van der Waals surface area contributed by atoms with Gasteiger partial charge in [0, 0.05) is 37.4 Å². The van der Waals surface area contributed by atoms with Crippen molar-refractivity contribution in [2.45, 2.75) is 173 Å². The maximum Gasteiger partial charge on any atom is 0.330 e. The number of allylic oxidation sites excluding steroid dienone is 1. The fourth-order valence-electron chi connectivity index (χ4n) is 7.76. The summed E-state index contributed by atoms with van der Waals surface area (Å²) < 4.78 is 42.0. The van der Waals surface area contributed by atoms with Crippen LogP contribution in [0.2, 0.25) is 0 Å². The number of fused-ring (bicyclic) bond motifs is 4. The summed E-state index contributed by atoms with van der Waals surface area (Å²) >= 11 is 0. The second kappa shape index (κ2) is 24.9. The van der Waals surface area contributed by atoms with Crippen LogP contribution in [0.25, 0.3) is 6.08 Å². The number of esters is 3. The molecule has 60 heavy (non-hydrogen) atoms. The van der Waals surface area contributed by atoms with E-state index in [1.165, 1.54) is 13.2 Å². The summed E-state index contributed by atoms with van der Waals surface area (Å²) in [4.78, 5) is 39.3. The van der Waals surface area contributed by atoms with Gasteiger partial charge in [0.15, 0.2) is 12.4 Å². The zero-order chi connectivity index (χ0) is 43.5. The maximum atomic E-state index is 13.4. The first kappa shape index (κ1) is 49.2. The van der Waals surface area contributed by atoms with Crippen LogP contribution in [0.5, 0.6) is 0 Å². The number of methoxy groups -OCH3 is 1. The molecule has 3 heterocycles. The van der Waals surface area contributed by atoms with Crippen molar-refractivity contribution in [1.82, 2.24) is 0 Å². The Morgan fingerprint density at radius 3 is 2.48 bits per heavy atom. The van der Waals surface area contributed by atoms with Gasteiger partial charge in [0.25, 0.3) is 0 Å². The molecule has 1 aromatic carbocycles. The van der Waals surface area contributed by atoms with Crippen molar-refractivity contribution in [3.8, 4) is 0 Å². The second-order valence-corrected chi connectivity index (χ2v) is 16.8. The lowest BCUT2D eigenvalue weighted by Crippen LogP contribution is -2.62. The molecule has 8 atom stereocenters. The Labute approximate surface area is 356 Å². The average molecular weight is 843 g/mol. The normalized spacial score (nSPS) is 30.6. The largest absolute Gasteiger partial charge is 0.466 e. The lowest BCUT2D eigenvalue weighted by Gasteiger charge is -2.51. The van der Waals surface area contributed by atoms with E-state index in [1.807, 2.05) is 18.2 Å². The van der Waals surface area contributed by atoms with E-state index >= 15 is 0 Å². The zero-order valence-electron chi connectivity index (χ0n) is 36.4. The Kier molecular flexibility index (Phi) is 20.4. The minimum absolute atomic E-state index is 0.0184. The Bertz CT molecular complexity index is 1590. The standard InChI is InChI=1S/C47H70O13/c1-6-8-10-12-14-19-41(50)59-45-35(28-42(51)54-5)27-38-30-39(32-48)57-43(52)29-36(49)21-24-55-40(34-18-15-17-33(26-34)16-13-11-9-7-2)31-37-22-25-56-44(58-37)20-23-46(3,4)47(45,53)60-38/h13,15-18,20,23,26,28,36-40,44-45,48-49,53H,6-12,14,19,21-22,24-25,27,29-32H2,1-5H3/b16-13+,23-20+,35-28+/t36-,37+,38+,39-,40+,44+,45+,47-/m1/s1. The molecule has 3 N–H and O–H groups in total. The molecule has 1 aromatic rings. The van der Waals surface area contributed by atoms with Gasteiger partial charge in [-0.2, -0.15) is 0 Å². The Hall–Kier alpha value is -3.43. The third-order valence-corrected chi connectivity index (χ3v) is 11.4. The van der Waals surface area contributed by atoms with Crippen LogP contribution in [0.4, 0.5) is 0 Å². The molecule has 2 fully saturated rings. The molecular weight excluding hydrogens is 773 g/mol. The second-order valence-electron chi connectivity index (χ2n) is 16.8. The van der Waals surface area contributed by atoms with Crippen LogP contribution in [0.3, 0.4) is 0 Å². The minimum atomic E-state index is -2.28. The van der Waals surface area contributed by atoms with Gasteiger partial charge in [0.05, 0.1) is 51.2 Å². The summed E-state index contributed by atoms with van der Waals surface area (Å²) in [6, 6.07) is 8.12. The van der Waals surface area contributed by atoms with E-state index in [1.54, 1.807) is 26.0 Å². The first-order valence-corrected chi connectivity index (χ1v) is 22.0. The van der Waals surface area contributed by atoms with Gasteiger partial charge in [-0.3, -0.25) is 9.59 Å². The monoisotopic (exact) mass is 842 g/mol. The number of unbranched alkanes of at least 4 members (excludes halogenated alkanes) is 6. The fraction of sp³-hybridized carbons (Fsp3) is 0.681. The molecule has 0 unspecified atom stereocenters. The molecule has 4 rings (SSSR count). The molecule has 3 aliphatic heterocycles. The van der Waals surface area contributed by atoms with Crippen molar-refractivity contribution in [3.63, 3.8) is 0 Å². The molecule has 0 aromatic heterocycles. The van der Waals surface area contributed by atoms with Crippen LogP contribution in [0, 0.1) is 5.41 Å². The number of ether oxygens (including phenoxy) is 7. The molecule has 13 heteroatoms. The van der Waals surface area contributed by atoms with Crippen LogP contribution >= 0.6 is 0 Å². The van der Waals surface area contributed by atoms with E-state index in [9.17, 15) is 29.7 Å². The average Bonchev–Trinajstić information content (AvgIpc) is 3.22. The molecule has 4 bridgehead atoms. The van der Waals surface area contributed by atoms with Gasteiger partial charge < -0.3 is 48.5 Å². The third kappa shape index (κ3) is 15.2. The van der Waals surface area contributed by atoms with E-state index in [4.69, 9.17) is 33.2 Å². The topological polar surface area (TPSA) is 177 Å². The van der Waals surface area contributed by atoms with Gasteiger partial charge in [0.1, 0.15) is 6.10 Å². The molecule has 336 valence electrons. The van der Waals surface area contributed by atoms with Crippen molar-refractivity contribution >= 4 is 24.0 Å². The minimum Gasteiger partial charge on any atom is -0.466 e. The van der Waals surface area contributed by atoms with Crippen molar-refractivity contribution in [1.29, 1.82) is 0 Å². The van der Waals surface area contributed by atoms with Crippen molar-refractivity contribution < 1.29 is 62.9 Å². The van der Waals surface area contributed by atoms with Gasteiger partial charge in [-0.05, 0) is 60.9 Å². The third-order valence-electron chi connectivity index (χ3n) is 11.4. The Morgan fingerprint density at radius 1 is 0.967 bits per heavy atom. The summed E-state index contributed by atoms with van der Waals surface area (Å²) in [5.41, 5.74) is 0.890. The zero-order valence-corrected chi connectivity index (χ0v) is 36.4. The number of carbonyl (C=O) groups excluding carboxylic acids is 3. The molecule has 0 amide bonds. The fourth-order valence-corrected chi connectivity index (χ4v) is 7.76. The van der Waals surface area contributed by atoms with Gasteiger partial charge in [-0.15, -0.1) is 0 Å². The van der Waals surface area contributed by atoms with Gasteiger partial charge in [0.2, 0.25) is 5.79 Å². The smallest absolute Gasteiger partial charge is 0.330 e. The highest BCUT2D eigenvalue weighted by Crippen LogP contribution is 2.47. The summed E-state index contributed by atoms with van der Waals surface area (Å²) in [5, 5.41) is 34.0. The van der Waals surface area contributed by atoms with Gasteiger partial charge >= 0.3 is 17.9 Å². The van der Waals surface area contributed by atoms with Crippen molar-refractivity contribution in [2.24, 2.45) is 5.41 Å². The van der Waals surface area contributed by atoms with Gasteiger partial charge in [-0.1, -0.05) is 103 Å². The van der Waals surface area contributed by atoms with Crippen LogP contribution in [-0.2, 0) is 47.5 Å². The molecule has 3 aliphatic rings. The number of aliphatic hydroxyl groups is 3. The SMILES string of the molecule is CCCC/C=C/c1cccc([C@@H]2C[C@@H]3CCO[C@H](/C=C/C(C)(C)[C@]4(O)O[C@@H](C/C(=C\C(=O)OC)[C@@H]4OC(=O)CCCCCCC)C[C@H](CO)OC(=O)C[C@H](O)CCO2)O3)c1. The first-order valence-electron chi connectivity index (χ1n) is 22.0. The highest BCUT2D eigenvalue weighted by Gasteiger charge is 2.57. The van der Waals surface area contributed by atoms with E-state index in [-0.39, 0.29) is 50.4 Å². The highest BCUT2D eigenvalue weighted by molar-refractivity contribution is 5.83. The predicted octanol–water partition coefficient (Wildman–Crippen LogP) is 7.35. The molecule has 0 radical (unpaired) electrons. The molecular formula is C47H70O13. The summed E-state index contributed by atoms with van der Waals surface area (Å²) in [6.45, 7) is 7.66. The highest BCUT2D eigenvalue weighted by atomic mass is 16.7. The van der Waals surface area contributed by atoms with Crippen molar-refractivity contribution in [2.75, 3.05) is 26.9 Å². The maximum absolute atomic E-state index is 13.4. The quantitative estimate of drug-likeness (QED) is 0.0558. The summed E-state index contributed by atoms with van der Waals surface area (Å²) in [6.07, 6.45) is 11.4. The Balaban J connectivity index is 1.69. The lowest BCUT2D eigenvalue weighted by molar-refractivity contribution is -0.327. The number of hydrogen-bond acceptors (Lipinski definition) is 13. The Morgan fingerprint density at radius 2 is 1.73 bits per heavy atom.